The number of carbonyl (C=O) groups is 4. The highest BCUT2D eigenvalue weighted by atomic mass is 16.4. The first-order chi connectivity index (χ1) is 19.4. The summed E-state index contributed by atoms with van der Waals surface area (Å²) in [7, 11) is 0. The number of carboxylic acids is 1. The third-order valence-corrected chi connectivity index (χ3v) is 5.66. The molecule has 0 aromatic heterocycles. The number of amides is 5. The number of nitrogens with zero attached hydrogens (tertiary/aromatic N) is 1. The minimum atomic E-state index is -0.833. The molecule has 10 nitrogen and oxygen atoms in total. The van der Waals surface area contributed by atoms with Gasteiger partial charge in [0.2, 0.25) is 5.91 Å². The molecule has 5 amide bonds. The average molecular weight is 562 g/mol. The van der Waals surface area contributed by atoms with Crippen LogP contribution in [0.2, 0.25) is 0 Å². The number of hydrazine groups is 1. The molecular formula is C31H39N5O5. The molecule has 0 fully saturated rings. The Morgan fingerprint density at radius 3 is 2.00 bits per heavy atom. The van der Waals surface area contributed by atoms with Gasteiger partial charge in [0.05, 0.1) is 12.5 Å². The summed E-state index contributed by atoms with van der Waals surface area (Å²) < 4.78 is 0. The van der Waals surface area contributed by atoms with Crippen LogP contribution in [0.4, 0.5) is 21.0 Å². The van der Waals surface area contributed by atoms with Gasteiger partial charge in [0.15, 0.2) is 0 Å². The Morgan fingerprint density at radius 1 is 0.829 bits per heavy atom. The molecule has 10 heteroatoms. The molecule has 0 aliphatic carbocycles. The molecule has 0 bridgehead atoms. The molecular weight excluding hydrogens is 522 g/mol. The lowest BCUT2D eigenvalue weighted by atomic mass is 10.1. The summed E-state index contributed by atoms with van der Waals surface area (Å²) in [5.41, 5.74) is 6.78. The molecule has 3 rings (SSSR count). The maximum Gasteiger partial charge on any atom is 0.336 e. The van der Waals surface area contributed by atoms with Crippen molar-refractivity contribution < 1.29 is 24.3 Å². The number of para-hydroxylation sites is 1. The van der Waals surface area contributed by atoms with Crippen LogP contribution in [0, 0.1) is 12.8 Å². The van der Waals surface area contributed by atoms with Crippen LogP contribution < -0.4 is 21.4 Å². The number of hydrogen-bond acceptors (Lipinski definition) is 4. The topological polar surface area (TPSA) is 140 Å². The lowest BCUT2D eigenvalue weighted by molar-refractivity contribution is -0.134. The van der Waals surface area contributed by atoms with Crippen LogP contribution in [-0.4, -0.2) is 40.6 Å². The summed E-state index contributed by atoms with van der Waals surface area (Å²) in [6.07, 6.45) is 0.0891. The normalized spacial score (nSPS) is 10.9. The van der Waals surface area contributed by atoms with Crippen molar-refractivity contribution in [3.8, 4) is 0 Å². The molecule has 0 saturated heterocycles. The number of hydrogen-bond donors (Lipinski definition) is 5. The summed E-state index contributed by atoms with van der Waals surface area (Å²) >= 11 is 0. The highest BCUT2D eigenvalue weighted by Crippen LogP contribution is 2.15. The van der Waals surface area contributed by atoms with Gasteiger partial charge in [0, 0.05) is 24.8 Å². The number of aryl methyl sites for hydroxylation is 1. The van der Waals surface area contributed by atoms with E-state index in [0.717, 1.165) is 29.3 Å². The van der Waals surface area contributed by atoms with E-state index in [1.165, 1.54) is 5.01 Å². The van der Waals surface area contributed by atoms with Gasteiger partial charge in [-0.25, -0.2) is 14.6 Å². The van der Waals surface area contributed by atoms with Crippen LogP contribution in [0.25, 0.3) is 0 Å². The molecule has 1 atom stereocenters. The van der Waals surface area contributed by atoms with E-state index in [1.807, 2.05) is 82.3 Å². The molecule has 5 N–H and O–H groups in total. The van der Waals surface area contributed by atoms with Gasteiger partial charge in [-0.1, -0.05) is 74.5 Å². The molecule has 218 valence electrons. The summed E-state index contributed by atoms with van der Waals surface area (Å²) in [6, 6.07) is 23.3. The van der Waals surface area contributed by atoms with Gasteiger partial charge in [0.25, 0.3) is 5.97 Å². The minimum Gasteiger partial charge on any atom is -0.481 e. The van der Waals surface area contributed by atoms with E-state index in [2.05, 4.69) is 21.4 Å². The Bertz CT molecular complexity index is 1290. The third-order valence-electron chi connectivity index (χ3n) is 5.66. The Balaban J connectivity index is 0.00000138. The highest BCUT2D eigenvalue weighted by Gasteiger charge is 2.20. The van der Waals surface area contributed by atoms with E-state index in [0.29, 0.717) is 12.2 Å². The number of aliphatic carboxylic acids is 1. The summed E-state index contributed by atoms with van der Waals surface area (Å²) in [5, 5.41) is 17.3. The molecule has 3 aromatic rings. The van der Waals surface area contributed by atoms with Crippen LogP contribution in [0.15, 0.2) is 78.9 Å². The predicted molar refractivity (Wildman–Crippen MR) is 160 cm³/mol. The first kappa shape index (κ1) is 32.4. The highest BCUT2D eigenvalue weighted by molar-refractivity contribution is 6.00. The SMILES string of the molecule is CC(=O)O.Cc1ccccc1NC(=O)Nc1ccc(CC(=O)NN(CC(C)C)C(=O)NC(C)c2ccccc2)cc1. The maximum atomic E-state index is 12.9. The van der Waals surface area contributed by atoms with Crippen molar-refractivity contribution in [2.75, 3.05) is 17.2 Å². The largest absolute Gasteiger partial charge is 0.481 e. The van der Waals surface area contributed by atoms with Gasteiger partial charge in [-0.2, -0.15) is 0 Å². The maximum absolute atomic E-state index is 12.9. The number of benzene rings is 3. The number of carbonyl (C=O) groups excluding carboxylic acids is 3. The van der Waals surface area contributed by atoms with Gasteiger partial charge in [-0.3, -0.25) is 15.0 Å². The van der Waals surface area contributed by atoms with Gasteiger partial charge in [0.1, 0.15) is 0 Å². The van der Waals surface area contributed by atoms with Gasteiger partial charge >= 0.3 is 12.1 Å². The first-order valence-electron chi connectivity index (χ1n) is 13.3. The molecule has 0 heterocycles. The van der Waals surface area contributed by atoms with Crippen LogP contribution in [0.1, 0.15) is 50.4 Å². The van der Waals surface area contributed by atoms with Crippen molar-refractivity contribution in [3.63, 3.8) is 0 Å². The Labute approximate surface area is 241 Å². The minimum absolute atomic E-state index is 0.0891. The summed E-state index contributed by atoms with van der Waals surface area (Å²) in [4.78, 5) is 47.0. The van der Waals surface area contributed by atoms with E-state index in [1.54, 1.807) is 24.3 Å². The second kappa shape index (κ2) is 16.3. The zero-order valence-electron chi connectivity index (χ0n) is 24.1. The standard InChI is InChI=1S/C29H35N5O3.C2H4O2/c1-20(2)19-34(29(37)30-22(4)24-11-6-5-7-12-24)33-27(35)18-23-14-16-25(17-15-23)31-28(36)32-26-13-9-8-10-21(26)3;1-2(3)4/h5-17,20,22H,18-19H2,1-4H3,(H,30,37)(H,33,35)(H2,31,32,36);1H3,(H,3,4). The second-order valence-corrected chi connectivity index (χ2v) is 9.91. The lowest BCUT2D eigenvalue weighted by Gasteiger charge is -2.27. The quantitative estimate of drug-likeness (QED) is 0.223. The lowest BCUT2D eigenvalue weighted by Crippen LogP contribution is -2.52. The molecule has 3 aromatic carbocycles. The molecule has 0 aliphatic rings. The molecule has 0 radical (unpaired) electrons. The fourth-order valence-corrected chi connectivity index (χ4v) is 3.71. The predicted octanol–water partition coefficient (Wildman–Crippen LogP) is 5.73. The monoisotopic (exact) mass is 561 g/mol. The van der Waals surface area contributed by atoms with Gasteiger partial charge in [-0.15, -0.1) is 0 Å². The third kappa shape index (κ3) is 12.2. The van der Waals surface area contributed by atoms with Crippen molar-refractivity contribution in [3.05, 3.63) is 95.6 Å². The van der Waals surface area contributed by atoms with Crippen LogP contribution in [-0.2, 0) is 16.0 Å². The smallest absolute Gasteiger partial charge is 0.336 e. The Kier molecular flexibility index (Phi) is 12.9. The molecule has 0 spiro atoms. The fraction of sp³-hybridized carbons (Fsp3) is 0.290. The number of nitrogens with one attached hydrogen (secondary N) is 4. The number of carboxylic acid groups (broad SMARTS) is 1. The zero-order chi connectivity index (χ0) is 30.4. The van der Waals surface area contributed by atoms with Crippen molar-refractivity contribution in [1.82, 2.24) is 15.8 Å². The van der Waals surface area contributed by atoms with Crippen molar-refractivity contribution in [1.29, 1.82) is 0 Å². The van der Waals surface area contributed by atoms with E-state index in [-0.39, 0.29) is 36.3 Å². The van der Waals surface area contributed by atoms with Crippen molar-refractivity contribution in [2.45, 2.75) is 47.1 Å². The van der Waals surface area contributed by atoms with E-state index in [4.69, 9.17) is 9.90 Å². The van der Waals surface area contributed by atoms with E-state index < -0.39 is 5.97 Å². The molecule has 0 aliphatic heterocycles. The van der Waals surface area contributed by atoms with E-state index in [9.17, 15) is 14.4 Å². The van der Waals surface area contributed by atoms with Crippen molar-refractivity contribution in [2.24, 2.45) is 5.92 Å². The fourth-order valence-electron chi connectivity index (χ4n) is 3.71. The Morgan fingerprint density at radius 2 is 1.41 bits per heavy atom. The zero-order valence-corrected chi connectivity index (χ0v) is 24.1. The van der Waals surface area contributed by atoms with Crippen molar-refractivity contribution >= 4 is 35.3 Å². The summed E-state index contributed by atoms with van der Waals surface area (Å²) in [6.45, 7) is 9.24. The number of rotatable bonds is 8. The van der Waals surface area contributed by atoms with Gasteiger partial charge in [-0.05, 0) is 54.7 Å². The van der Waals surface area contributed by atoms with Crippen LogP contribution >= 0.6 is 0 Å². The molecule has 41 heavy (non-hydrogen) atoms. The summed E-state index contributed by atoms with van der Waals surface area (Å²) in [5.74, 6) is -0.976. The van der Waals surface area contributed by atoms with Crippen LogP contribution in [0.5, 0.6) is 0 Å². The Hall–Kier alpha value is -4.86. The second-order valence-electron chi connectivity index (χ2n) is 9.91. The first-order valence-corrected chi connectivity index (χ1v) is 13.3. The molecule has 1 unspecified atom stereocenters. The number of anilines is 2. The van der Waals surface area contributed by atoms with E-state index >= 15 is 0 Å². The number of urea groups is 2. The molecule has 0 saturated carbocycles. The van der Waals surface area contributed by atoms with Gasteiger partial charge < -0.3 is 21.1 Å². The average Bonchev–Trinajstić information content (AvgIpc) is 2.90. The van der Waals surface area contributed by atoms with Crippen LogP contribution in [0.3, 0.4) is 0 Å².